The van der Waals surface area contributed by atoms with Gasteiger partial charge in [-0.15, -0.1) is 0 Å². The van der Waals surface area contributed by atoms with Gasteiger partial charge in [-0.05, 0) is 51.8 Å². The molecule has 1 aliphatic carbocycles. The van der Waals surface area contributed by atoms with E-state index in [1.165, 1.54) is 18.7 Å². The van der Waals surface area contributed by atoms with Crippen molar-refractivity contribution in [3.8, 4) is 0 Å². The van der Waals surface area contributed by atoms with Crippen molar-refractivity contribution in [3.05, 3.63) is 24.0 Å². The molecule has 0 saturated heterocycles. The van der Waals surface area contributed by atoms with Crippen molar-refractivity contribution in [3.63, 3.8) is 0 Å². The molecule has 0 bridgehead atoms. The van der Waals surface area contributed by atoms with Gasteiger partial charge in [-0.25, -0.2) is 13.4 Å². The third-order valence-electron chi connectivity index (χ3n) is 4.47. The molecular weight excluding hydrogens is 314 g/mol. The van der Waals surface area contributed by atoms with Crippen LogP contribution in [-0.4, -0.2) is 41.3 Å². The summed E-state index contributed by atoms with van der Waals surface area (Å²) < 4.78 is 23.7. The highest BCUT2D eigenvalue weighted by Crippen LogP contribution is 2.37. The molecule has 1 heterocycles. The number of sulfone groups is 1. The minimum atomic E-state index is -3.47. The van der Waals surface area contributed by atoms with Crippen LogP contribution < -0.4 is 4.90 Å². The number of amides is 1. The first-order valence-electron chi connectivity index (χ1n) is 7.62. The summed E-state index contributed by atoms with van der Waals surface area (Å²) in [6.45, 7) is 4.86. The average molecular weight is 335 g/mol. The fourth-order valence-corrected chi connectivity index (χ4v) is 4.74. The van der Waals surface area contributed by atoms with E-state index in [1.807, 2.05) is 19.1 Å². The maximum Gasteiger partial charge on any atom is 0.247 e. The number of rotatable bonds is 4. The molecule has 0 unspecified atom stereocenters. The zero-order chi connectivity index (χ0) is 17.0. The highest BCUT2D eigenvalue weighted by atomic mass is 32.2. The van der Waals surface area contributed by atoms with Crippen molar-refractivity contribution >= 4 is 32.5 Å². The van der Waals surface area contributed by atoms with Crippen LogP contribution in [0.15, 0.2) is 18.2 Å². The van der Waals surface area contributed by atoms with Gasteiger partial charge in [0.25, 0.3) is 0 Å². The van der Waals surface area contributed by atoms with E-state index in [0.717, 1.165) is 16.9 Å². The molecule has 1 N–H and O–H groups in total. The number of carbonyl (C=O) groups excluding carboxylic acids is 1. The Morgan fingerprint density at radius 2 is 2.00 bits per heavy atom. The Labute approximate surface area is 135 Å². The summed E-state index contributed by atoms with van der Waals surface area (Å²) in [4.78, 5) is 21.7. The van der Waals surface area contributed by atoms with Gasteiger partial charge in [-0.1, -0.05) is 0 Å². The second kappa shape index (κ2) is 5.06. The summed E-state index contributed by atoms with van der Waals surface area (Å²) in [6, 6.07) is 5.41. The average Bonchev–Trinajstić information content (AvgIpc) is 3.27. The van der Waals surface area contributed by atoms with Crippen LogP contribution in [-0.2, 0) is 14.6 Å². The quantitative estimate of drug-likeness (QED) is 0.928. The van der Waals surface area contributed by atoms with Crippen molar-refractivity contribution in [1.29, 1.82) is 0 Å². The number of aromatic nitrogens is 2. The molecule has 1 saturated carbocycles. The molecule has 1 amide bonds. The van der Waals surface area contributed by atoms with E-state index in [2.05, 4.69) is 9.97 Å². The predicted molar refractivity (Wildman–Crippen MR) is 90.3 cm³/mol. The molecule has 3 rings (SSSR count). The van der Waals surface area contributed by atoms with Gasteiger partial charge in [0, 0.05) is 12.7 Å². The maximum atomic E-state index is 12.8. The van der Waals surface area contributed by atoms with Crippen molar-refractivity contribution in [2.24, 2.45) is 0 Å². The second-order valence-electron chi connectivity index (χ2n) is 6.64. The lowest BCUT2D eigenvalue weighted by Gasteiger charge is -2.29. The molecule has 7 heteroatoms. The molecule has 0 spiro atoms. The summed E-state index contributed by atoms with van der Waals surface area (Å²) in [5.41, 5.74) is 2.28. The summed E-state index contributed by atoms with van der Waals surface area (Å²) in [5, 5.41) is -0.368. The lowest BCUT2D eigenvalue weighted by atomic mass is 10.1. The van der Waals surface area contributed by atoms with Crippen LogP contribution in [0.5, 0.6) is 0 Å². The first kappa shape index (κ1) is 16.0. The fraction of sp³-hybridized carbons (Fsp3) is 0.500. The van der Waals surface area contributed by atoms with E-state index >= 15 is 0 Å². The number of benzene rings is 1. The Hall–Kier alpha value is -1.89. The van der Waals surface area contributed by atoms with E-state index in [0.29, 0.717) is 18.5 Å². The van der Waals surface area contributed by atoms with Gasteiger partial charge >= 0.3 is 0 Å². The number of anilines is 1. The number of H-pyrrole nitrogens is 1. The van der Waals surface area contributed by atoms with E-state index in [9.17, 15) is 13.2 Å². The number of imidazole rings is 1. The Kier molecular flexibility index (Phi) is 3.51. The van der Waals surface area contributed by atoms with Crippen LogP contribution in [0.25, 0.3) is 11.0 Å². The predicted octanol–water partition coefficient (Wildman–Crippen LogP) is 2.19. The van der Waals surface area contributed by atoms with Crippen LogP contribution in [0.1, 0.15) is 32.5 Å². The fourth-order valence-electron chi connectivity index (χ4n) is 2.77. The van der Waals surface area contributed by atoms with Gasteiger partial charge in [0.1, 0.15) is 10.6 Å². The highest BCUT2D eigenvalue weighted by molar-refractivity contribution is 7.94. The standard InChI is InChI=1S/C16H21N3O3S/c1-10-17-13-8-5-11(9-14(13)18-10)19(4)15(20)16(2,3)23(21,22)12-6-7-12/h5,8-9,12H,6-7H2,1-4H3,(H,17,18). The van der Waals surface area contributed by atoms with Gasteiger partial charge < -0.3 is 9.88 Å². The molecule has 124 valence electrons. The van der Waals surface area contributed by atoms with Gasteiger partial charge in [0.05, 0.1) is 16.3 Å². The Bertz CT molecular complexity index is 879. The smallest absolute Gasteiger partial charge is 0.247 e. The van der Waals surface area contributed by atoms with E-state index in [-0.39, 0.29) is 5.25 Å². The van der Waals surface area contributed by atoms with Crippen LogP contribution in [0.3, 0.4) is 0 Å². The van der Waals surface area contributed by atoms with Gasteiger partial charge in [0.2, 0.25) is 5.91 Å². The lowest BCUT2D eigenvalue weighted by molar-refractivity contribution is -0.120. The molecule has 1 aliphatic rings. The molecule has 6 nitrogen and oxygen atoms in total. The number of nitrogens with one attached hydrogen (secondary N) is 1. The van der Waals surface area contributed by atoms with Crippen LogP contribution >= 0.6 is 0 Å². The van der Waals surface area contributed by atoms with Gasteiger partial charge in [0.15, 0.2) is 9.84 Å². The van der Waals surface area contributed by atoms with Crippen molar-refractivity contribution in [2.75, 3.05) is 11.9 Å². The number of aryl methyl sites for hydroxylation is 1. The number of aromatic amines is 1. The number of nitrogens with zero attached hydrogens (tertiary/aromatic N) is 2. The highest BCUT2D eigenvalue weighted by Gasteiger charge is 2.51. The van der Waals surface area contributed by atoms with Crippen LogP contribution in [0.2, 0.25) is 0 Å². The largest absolute Gasteiger partial charge is 0.342 e. The third kappa shape index (κ3) is 2.52. The SMILES string of the molecule is Cc1nc2ccc(N(C)C(=O)C(C)(C)S(=O)(=O)C3CC3)cc2[nH]1. The van der Waals surface area contributed by atoms with E-state index in [1.54, 1.807) is 13.1 Å². The number of hydrogen-bond donors (Lipinski definition) is 1. The monoisotopic (exact) mass is 335 g/mol. The normalized spacial score (nSPS) is 15.8. The van der Waals surface area contributed by atoms with Crippen LogP contribution in [0, 0.1) is 6.92 Å². The maximum absolute atomic E-state index is 12.8. The van der Waals surface area contributed by atoms with Crippen molar-refractivity contribution < 1.29 is 13.2 Å². The van der Waals surface area contributed by atoms with Gasteiger partial charge in [-0.2, -0.15) is 0 Å². The minimum absolute atomic E-state index is 0.368. The number of fused-ring (bicyclic) bond motifs is 1. The summed E-state index contributed by atoms with van der Waals surface area (Å²) in [5.74, 6) is 0.378. The number of hydrogen-bond acceptors (Lipinski definition) is 4. The zero-order valence-corrected chi connectivity index (χ0v) is 14.6. The Morgan fingerprint density at radius 3 is 2.61 bits per heavy atom. The summed E-state index contributed by atoms with van der Waals surface area (Å²) >= 11 is 0. The van der Waals surface area contributed by atoms with Crippen LogP contribution in [0.4, 0.5) is 5.69 Å². The minimum Gasteiger partial charge on any atom is -0.342 e. The second-order valence-corrected chi connectivity index (χ2v) is 9.42. The molecule has 0 atom stereocenters. The molecule has 0 radical (unpaired) electrons. The number of carbonyl (C=O) groups is 1. The molecule has 2 aromatic rings. The molecule has 1 fully saturated rings. The molecule has 1 aromatic carbocycles. The topological polar surface area (TPSA) is 83.1 Å². The summed E-state index contributed by atoms with van der Waals surface area (Å²) in [6.07, 6.45) is 1.31. The summed E-state index contributed by atoms with van der Waals surface area (Å²) in [7, 11) is -1.86. The van der Waals surface area contributed by atoms with Gasteiger partial charge in [-0.3, -0.25) is 4.79 Å². The Morgan fingerprint density at radius 1 is 1.35 bits per heavy atom. The molecule has 23 heavy (non-hydrogen) atoms. The molecule has 1 aromatic heterocycles. The Balaban J connectivity index is 1.94. The first-order valence-corrected chi connectivity index (χ1v) is 9.17. The van der Waals surface area contributed by atoms with Crippen molar-refractivity contribution in [1.82, 2.24) is 9.97 Å². The van der Waals surface area contributed by atoms with E-state index in [4.69, 9.17) is 0 Å². The third-order valence-corrected chi connectivity index (χ3v) is 7.41. The molecule has 0 aliphatic heterocycles. The van der Waals surface area contributed by atoms with Crippen molar-refractivity contribution in [2.45, 2.75) is 43.6 Å². The molecular formula is C16H21N3O3S. The first-order chi connectivity index (χ1) is 10.6. The van der Waals surface area contributed by atoms with E-state index < -0.39 is 20.5 Å². The lowest BCUT2D eigenvalue weighted by Crippen LogP contribution is -2.50. The zero-order valence-electron chi connectivity index (χ0n) is 13.8.